The molecule has 124 valence electrons. The molecule has 0 spiro atoms. The van der Waals surface area contributed by atoms with Crippen LogP contribution in [0.3, 0.4) is 0 Å². The summed E-state index contributed by atoms with van der Waals surface area (Å²) in [6.07, 6.45) is 3.49. The van der Waals surface area contributed by atoms with E-state index in [-0.39, 0.29) is 11.9 Å². The molecule has 0 aromatic heterocycles. The second-order valence-corrected chi connectivity index (χ2v) is 7.02. The molecule has 4 rings (SSSR count). The molecule has 1 atom stereocenters. The fourth-order valence-corrected chi connectivity index (χ4v) is 3.99. The molecule has 0 radical (unpaired) electrons. The fourth-order valence-electron chi connectivity index (χ4n) is 3.99. The van der Waals surface area contributed by atoms with Crippen LogP contribution in [-0.2, 0) is 12.8 Å². The van der Waals surface area contributed by atoms with E-state index in [1.807, 2.05) is 12.1 Å². The van der Waals surface area contributed by atoms with Crippen LogP contribution in [0.25, 0.3) is 0 Å². The normalized spacial score (nSPS) is 20.9. The van der Waals surface area contributed by atoms with Crippen LogP contribution >= 0.6 is 0 Å². The van der Waals surface area contributed by atoms with Crippen LogP contribution in [0.4, 0.5) is 0 Å². The van der Waals surface area contributed by atoms with Crippen molar-refractivity contribution >= 4 is 5.91 Å². The lowest BCUT2D eigenvalue weighted by molar-refractivity contribution is 0.0498. The van der Waals surface area contributed by atoms with Gasteiger partial charge in [0, 0.05) is 25.2 Å². The number of carbonyl (C=O) groups excluding carboxylic acids is 1. The molecule has 3 heteroatoms. The molecule has 1 fully saturated rings. The molecule has 2 aromatic carbocycles. The summed E-state index contributed by atoms with van der Waals surface area (Å²) in [4.78, 5) is 17.6. The van der Waals surface area contributed by atoms with Crippen molar-refractivity contribution in [2.24, 2.45) is 0 Å². The van der Waals surface area contributed by atoms with Crippen molar-refractivity contribution < 1.29 is 4.79 Å². The number of piperazine rings is 1. The standard InChI is InChI=1S/C21H24N2O/c1-22-12-13-23(20(15-22)17-6-3-2-4-7-17)21(24)19-11-10-16-8-5-9-18(16)14-19/h2-4,6-7,10-11,14,20H,5,8-9,12-13,15H2,1H3/t20-/m1/s1. The molecule has 1 aliphatic heterocycles. The Balaban J connectivity index is 1.64. The minimum Gasteiger partial charge on any atom is -0.329 e. The number of likely N-dealkylation sites (N-methyl/N-ethyl adjacent to an activating group) is 1. The van der Waals surface area contributed by atoms with Crippen LogP contribution in [0.15, 0.2) is 48.5 Å². The van der Waals surface area contributed by atoms with Gasteiger partial charge in [-0.2, -0.15) is 0 Å². The lowest BCUT2D eigenvalue weighted by Gasteiger charge is -2.40. The number of hydrogen-bond donors (Lipinski definition) is 0. The molecule has 0 N–H and O–H groups in total. The highest BCUT2D eigenvalue weighted by molar-refractivity contribution is 5.95. The Morgan fingerprint density at radius 3 is 2.62 bits per heavy atom. The summed E-state index contributed by atoms with van der Waals surface area (Å²) in [6.45, 7) is 2.60. The molecule has 1 aliphatic carbocycles. The Hall–Kier alpha value is -2.13. The number of aryl methyl sites for hydroxylation is 2. The summed E-state index contributed by atoms with van der Waals surface area (Å²) < 4.78 is 0. The van der Waals surface area contributed by atoms with Gasteiger partial charge in [0.2, 0.25) is 0 Å². The van der Waals surface area contributed by atoms with Crippen molar-refractivity contribution in [3.8, 4) is 0 Å². The monoisotopic (exact) mass is 320 g/mol. The Morgan fingerprint density at radius 1 is 1.00 bits per heavy atom. The first-order chi connectivity index (χ1) is 11.7. The topological polar surface area (TPSA) is 23.6 Å². The Kier molecular flexibility index (Phi) is 4.11. The summed E-state index contributed by atoms with van der Waals surface area (Å²) in [5.41, 5.74) is 4.86. The van der Waals surface area contributed by atoms with Crippen LogP contribution in [0, 0.1) is 0 Å². The molecule has 2 aromatic rings. The van der Waals surface area contributed by atoms with E-state index in [1.54, 1.807) is 0 Å². The van der Waals surface area contributed by atoms with Crippen LogP contribution < -0.4 is 0 Å². The molecular formula is C21H24N2O. The van der Waals surface area contributed by atoms with E-state index in [0.29, 0.717) is 0 Å². The number of nitrogens with zero attached hydrogens (tertiary/aromatic N) is 2. The predicted octanol–water partition coefficient (Wildman–Crippen LogP) is 3.30. The summed E-state index contributed by atoms with van der Waals surface area (Å²) in [5, 5.41) is 0. The molecule has 1 saturated heterocycles. The largest absolute Gasteiger partial charge is 0.329 e. The van der Waals surface area contributed by atoms with Crippen LogP contribution in [-0.4, -0.2) is 42.4 Å². The average Bonchev–Trinajstić information content (AvgIpc) is 3.09. The minimum atomic E-state index is 0.130. The molecule has 0 unspecified atom stereocenters. The number of fused-ring (bicyclic) bond motifs is 1. The first kappa shape index (κ1) is 15.4. The van der Waals surface area contributed by atoms with Gasteiger partial charge in [-0.15, -0.1) is 0 Å². The SMILES string of the molecule is CN1CCN(C(=O)c2ccc3c(c2)CCC3)[C@@H](c2ccccc2)C1. The summed E-state index contributed by atoms with van der Waals surface area (Å²) in [6, 6.07) is 16.8. The Bertz CT molecular complexity index is 741. The Labute approximate surface area is 143 Å². The highest BCUT2D eigenvalue weighted by Gasteiger charge is 2.31. The van der Waals surface area contributed by atoms with Gasteiger partial charge in [-0.3, -0.25) is 4.79 Å². The van der Waals surface area contributed by atoms with Crippen molar-refractivity contribution in [3.63, 3.8) is 0 Å². The number of benzene rings is 2. The van der Waals surface area contributed by atoms with Crippen LogP contribution in [0.2, 0.25) is 0 Å². The number of rotatable bonds is 2. The van der Waals surface area contributed by atoms with Gasteiger partial charge in [0.15, 0.2) is 0 Å². The molecular weight excluding hydrogens is 296 g/mol. The fraction of sp³-hybridized carbons (Fsp3) is 0.381. The van der Waals surface area contributed by atoms with E-state index in [2.05, 4.69) is 53.2 Å². The first-order valence-corrected chi connectivity index (χ1v) is 8.88. The third kappa shape index (κ3) is 2.84. The molecule has 1 heterocycles. The molecule has 3 nitrogen and oxygen atoms in total. The van der Waals surface area contributed by atoms with E-state index in [9.17, 15) is 4.79 Å². The van der Waals surface area contributed by atoms with Gasteiger partial charge in [0.05, 0.1) is 6.04 Å². The summed E-state index contributed by atoms with van der Waals surface area (Å²) >= 11 is 0. The average molecular weight is 320 g/mol. The molecule has 0 saturated carbocycles. The third-order valence-corrected chi connectivity index (χ3v) is 5.37. The van der Waals surface area contributed by atoms with E-state index >= 15 is 0 Å². The summed E-state index contributed by atoms with van der Waals surface area (Å²) in [5.74, 6) is 0.173. The molecule has 2 aliphatic rings. The van der Waals surface area contributed by atoms with Gasteiger partial charge in [-0.1, -0.05) is 36.4 Å². The molecule has 1 amide bonds. The van der Waals surface area contributed by atoms with Gasteiger partial charge >= 0.3 is 0 Å². The maximum atomic E-state index is 13.2. The van der Waals surface area contributed by atoms with Gasteiger partial charge in [0.25, 0.3) is 5.91 Å². The zero-order valence-corrected chi connectivity index (χ0v) is 14.2. The van der Waals surface area contributed by atoms with Crippen LogP contribution in [0.1, 0.15) is 39.5 Å². The maximum absolute atomic E-state index is 13.2. The van der Waals surface area contributed by atoms with Crippen molar-refractivity contribution in [1.82, 2.24) is 9.80 Å². The van der Waals surface area contributed by atoms with Gasteiger partial charge in [-0.25, -0.2) is 0 Å². The van der Waals surface area contributed by atoms with Crippen molar-refractivity contribution in [3.05, 3.63) is 70.8 Å². The van der Waals surface area contributed by atoms with Crippen LogP contribution in [0.5, 0.6) is 0 Å². The zero-order chi connectivity index (χ0) is 16.5. The lowest BCUT2D eigenvalue weighted by Crippen LogP contribution is -2.49. The minimum absolute atomic E-state index is 0.130. The number of amides is 1. The first-order valence-electron chi connectivity index (χ1n) is 8.88. The van der Waals surface area contributed by atoms with Crippen molar-refractivity contribution in [2.45, 2.75) is 25.3 Å². The van der Waals surface area contributed by atoms with Crippen molar-refractivity contribution in [1.29, 1.82) is 0 Å². The second kappa shape index (κ2) is 6.40. The predicted molar refractivity (Wildman–Crippen MR) is 96.2 cm³/mol. The third-order valence-electron chi connectivity index (χ3n) is 5.37. The van der Waals surface area contributed by atoms with E-state index in [4.69, 9.17) is 0 Å². The zero-order valence-electron chi connectivity index (χ0n) is 14.2. The van der Waals surface area contributed by atoms with Gasteiger partial charge < -0.3 is 9.80 Å². The summed E-state index contributed by atoms with van der Waals surface area (Å²) in [7, 11) is 2.13. The highest BCUT2D eigenvalue weighted by atomic mass is 16.2. The van der Waals surface area contributed by atoms with E-state index in [0.717, 1.165) is 38.0 Å². The van der Waals surface area contributed by atoms with Gasteiger partial charge in [0.1, 0.15) is 0 Å². The quantitative estimate of drug-likeness (QED) is 0.847. The van der Waals surface area contributed by atoms with E-state index < -0.39 is 0 Å². The van der Waals surface area contributed by atoms with Crippen molar-refractivity contribution in [2.75, 3.05) is 26.7 Å². The lowest BCUT2D eigenvalue weighted by atomic mass is 10.00. The highest BCUT2D eigenvalue weighted by Crippen LogP contribution is 2.28. The van der Waals surface area contributed by atoms with Gasteiger partial charge in [-0.05, 0) is 55.1 Å². The van der Waals surface area contributed by atoms with E-state index in [1.165, 1.54) is 23.1 Å². The molecule has 0 bridgehead atoms. The molecule has 24 heavy (non-hydrogen) atoms. The second-order valence-electron chi connectivity index (χ2n) is 7.02. The Morgan fingerprint density at radius 2 is 1.79 bits per heavy atom. The number of carbonyl (C=O) groups is 1. The smallest absolute Gasteiger partial charge is 0.254 e. The maximum Gasteiger partial charge on any atom is 0.254 e. The number of hydrogen-bond acceptors (Lipinski definition) is 2.